The van der Waals surface area contributed by atoms with Crippen LogP contribution in [0.25, 0.3) is 0 Å². The van der Waals surface area contributed by atoms with Gasteiger partial charge in [0.25, 0.3) is 5.69 Å². The van der Waals surface area contributed by atoms with Crippen LogP contribution in [0.3, 0.4) is 0 Å². The summed E-state index contributed by atoms with van der Waals surface area (Å²) in [6.07, 6.45) is 2.77. The molecule has 120 valence electrons. The summed E-state index contributed by atoms with van der Waals surface area (Å²) in [6.45, 7) is 6.34. The first kappa shape index (κ1) is 15.6. The summed E-state index contributed by atoms with van der Waals surface area (Å²) in [4.78, 5) is 22.1. The SMILES string of the molecule is CC(C)c1ncc2c(n1)CCN(Cc1ccccc1[N+](=O)[O-])C2. The quantitative estimate of drug-likeness (QED) is 0.641. The zero-order valence-electron chi connectivity index (χ0n) is 13.4. The van der Waals surface area contributed by atoms with Crippen molar-refractivity contribution < 1.29 is 4.92 Å². The van der Waals surface area contributed by atoms with Gasteiger partial charge >= 0.3 is 0 Å². The number of hydrogen-bond acceptors (Lipinski definition) is 5. The van der Waals surface area contributed by atoms with Gasteiger partial charge in [-0.05, 0) is 0 Å². The van der Waals surface area contributed by atoms with Gasteiger partial charge in [-0.2, -0.15) is 0 Å². The Morgan fingerprint density at radius 1 is 1.35 bits per heavy atom. The Morgan fingerprint density at radius 3 is 2.87 bits per heavy atom. The van der Waals surface area contributed by atoms with Crippen LogP contribution in [0.4, 0.5) is 5.69 Å². The van der Waals surface area contributed by atoms with Gasteiger partial charge in [-0.25, -0.2) is 9.97 Å². The summed E-state index contributed by atoms with van der Waals surface area (Å²) < 4.78 is 0. The number of nitro benzene ring substituents is 1. The Bertz CT molecular complexity index is 730. The van der Waals surface area contributed by atoms with Crippen molar-refractivity contribution in [1.82, 2.24) is 14.9 Å². The molecule has 1 aromatic carbocycles. The molecule has 1 aliphatic heterocycles. The Labute approximate surface area is 135 Å². The minimum Gasteiger partial charge on any atom is -0.294 e. The van der Waals surface area contributed by atoms with E-state index in [1.165, 1.54) is 0 Å². The van der Waals surface area contributed by atoms with Gasteiger partial charge in [0.05, 0.1) is 4.92 Å². The third kappa shape index (κ3) is 3.37. The molecule has 6 heteroatoms. The van der Waals surface area contributed by atoms with Crippen LogP contribution in [0, 0.1) is 10.1 Å². The highest BCUT2D eigenvalue weighted by molar-refractivity contribution is 5.39. The van der Waals surface area contributed by atoms with Crippen LogP contribution in [0.5, 0.6) is 0 Å². The molecule has 0 radical (unpaired) electrons. The fraction of sp³-hybridized carbons (Fsp3) is 0.412. The molecule has 0 aliphatic carbocycles. The van der Waals surface area contributed by atoms with Crippen LogP contribution < -0.4 is 0 Å². The molecule has 1 aliphatic rings. The third-order valence-corrected chi connectivity index (χ3v) is 4.13. The maximum Gasteiger partial charge on any atom is 0.273 e. The molecule has 0 N–H and O–H groups in total. The van der Waals surface area contributed by atoms with Crippen LogP contribution in [0.1, 0.15) is 42.4 Å². The topological polar surface area (TPSA) is 72.2 Å². The van der Waals surface area contributed by atoms with Gasteiger partial charge in [-0.15, -0.1) is 0 Å². The lowest BCUT2D eigenvalue weighted by Crippen LogP contribution is -2.31. The first-order valence-electron chi connectivity index (χ1n) is 7.84. The summed E-state index contributed by atoms with van der Waals surface area (Å²) in [6, 6.07) is 6.93. The number of fused-ring (bicyclic) bond motifs is 1. The number of benzene rings is 1. The molecule has 0 bridgehead atoms. The number of para-hydroxylation sites is 1. The van der Waals surface area contributed by atoms with Gasteiger partial charge in [-0.3, -0.25) is 15.0 Å². The van der Waals surface area contributed by atoms with Gasteiger partial charge < -0.3 is 0 Å². The predicted octanol–water partition coefficient (Wildman–Crippen LogP) is 3.07. The number of aromatic nitrogens is 2. The fourth-order valence-corrected chi connectivity index (χ4v) is 2.87. The number of rotatable bonds is 4. The highest BCUT2D eigenvalue weighted by Crippen LogP contribution is 2.24. The predicted molar refractivity (Wildman–Crippen MR) is 87.0 cm³/mol. The second-order valence-corrected chi connectivity index (χ2v) is 6.20. The van der Waals surface area contributed by atoms with E-state index in [-0.39, 0.29) is 10.6 Å². The first-order valence-corrected chi connectivity index (χ1v) is 7.84. The maximum atomic E-state index is 11.1. The Kier molecular flexibility index (Phi) is 4.34. The van der Waals surface area contributed by atoms with E-state index in [1.807, 2.05) is 18.3 Å². The summed E-state index contributed by atoms with van der Waals surface area (Å²) in [7, 11) is 0. The lowest BCUT2D eigenvalue weighted by Gasteiger charge is -2.28. The molecule has 0 amide bonds. The molecule has 0 unspecified atom stereocenters. The number of nitro groups is 1. The lowest BCUT2D eigenvalue weighted by molar-refractivity contribution is -0.385. The molecule has 0 saturated carbocycles. The van der Waals surface area contributed by atoms with Crippen molar-refractivity contribution in [3.05, 3.63) is 63.2 Å². The Balaban J connectivity index is 1.77. The van der Waals surface area contributed by atoms with Gasteiger partial charge in [0, 0.05) is 61.1 Å². The zero-order valence-corrected chi connectivity index (χ0v) is 13.4. The van der Waals surface area contributed by atoms with Crippen molar-refractivity contribution >= 4 is 5.69 Å². The van der Waals surface area contributed by atoms with Gasteiger partial charge in [-0.1, -0.05) is 32.0 Å². The molecule has 0 spiro atoms. The van der Waals surface area contributed by atoms with Crippen molar-refractivity contribution in [2.75, 3.05) is 6.54 Å². The molecule has 3 rings (SSSR count). The van der Waals surface area contributed by atoms with E-state index in [2.05, 4.69) is 28.7 Å². The van der Waals surface area contributed by atoms with Crippen LogP contribution in [0.2, 0.25) is 0 Å². The average Bonchev–Trinajstić information content (AvgIpc) is 2.54. The average molecular weight is 312 g/mol. The van der Waals surface area contributed by atoms with E-state index in [9.17, 15) is 10.1 Å². The van der Waals surface area contributed by atoms with Crippen molar-refractivity contribution in [3.8, 4) is 0 Å². The van der Waals surface area contributed by atoms with E-state index in [1.54, 1.807) is 12.1 Å². The molecule has 1 aromatic heterocycles. The van der Waals surface area contributed by atoms with E-state index < -0.39 is 0 Å². The smallest absolute Gasteiger partial charge is 0.273 e. The zero-order chi connectivity index (χ0) is 16.4. The van der Waals surface area contributed by atoms with E-state index in [0.717, 1.165) is 42.2 Å². The minimum atomic E-state index is -0.314. The molecule has 2 heterocycles. The van der Waals surface area contributed by atoms with Gasteiger partial charge in [0.15, 0.2) is 0 Å². The second-order valence-electron chi connectivity index (χ2n) is 6.20. The highest BCUT2D eigenvalue weighted by atomic mass is 16.6. The lowest BCUT2D eigenvalue weighted by atomic mass is 10.0. The minimum absolute atomic E-state index is 0.185. The third-order valence-electron chi connectivity index (χ3n) is 4.13. The number of nitrogens with zero attached hydrogens (tertiary/aromatic N) is 4. The Hall–Kier alpha value is -2.34. The molecular formula is C17H20N4O2. The summed E-state index contributed by atoms with van der Waals surface area (Å²) >= 11 is 0. The summed E-state index contributed by atoms with van der Waals surface area (Å²) in [5.74, 6) is 1.21. The fourth-order valence-electron chi connectivity index (χ4n) is 2.87. The van der Waals surface area contributed by atoms with Crippen molar-refractivity contribution in [3.63, 3.8) is 0 Å². The van der Waals surface area contributed by atoms with Crippen LogP contribution in [-0.4, -0.2) is 26.3 Å². The molecule has 0 fully saturated rings. The second kappa shape index (κ2) is 6.42. The number of hydrogen-bond donors (Lipinski definition) is 0. The molecule has 0 atom stereocenters. The Morgan fingerprint density at radius 2 is 2.13 bits per heavy atom. The molecule has 2 aromatic rings. The van der Waals surface area contributed by atoms with E-state index >= 15 is 0 Å². The van der Waals surface area contributed by atoms with Crippen molar-refractivity contribution in [2.45, 2.75) is 39.3 Å². The molecule has 0 saturated heterocycles. The van der Waals surface area contributed by atoms with Crippen LogP contribution >= 0.6 is 0 Å². The standard InChI is InChI=1S/C17H20N4O2/c1-12(2)17-18-9-14-11-20(8-7-15(14)19-17)10-13-5-3-4-6-16(13)21(22)23/h3-6,9,12H,7-8,10-11H2,1-2H3. The van der Waals surface area contributed by atoms with E-state index in [4.69, 9.17) is 0 Å². The summed E-state index contributed by atoms with van der Waals surface area (Å²) in [5.41, 5.74) is 3.17. The highest BCUT2D eigenvalue weighted by Gasteiger charge is 2.21. The summed E-state index contributed by atoms with van der Waals surface area (Å²) in [5, 5.41) is 11.1. The van der Waals surface area contributed by atoms with Crippen molar-refractivity contribution in [1.29, 1.82) is 0 Å². The van der Waals surface area contributed by atoms with Gasteiger partial charge in [0.2, 0.25) is 0 Å². The van der Waals surface area contributed by atoms with Gasteiger partial charge in [0.1, 0.15) is 5.82 Å². The normalized spacial score (nSPS) is 14.7. The first-order chi connectivity index (χ1) is 11.0. The largest absolute Gasteiger partial charge is 0.294 e. The molecule has 6 nitrogen and oxygen atoms in total. The van der Waals surface area contributed by atoms with E-state index in [0.29, 0.717) is 12.5 Å². The maximum absolute atomic E-state index is 11.1. The molecule has 23 heavy (non-hydrogen) atoms. The van der Waals surface area contributed by atoms with Crippen LogP contribution in [-0.2, 0) is 19.5 Å². The monoisotopic (exact) mass is 312 g/mol. The van der Waals surface area contributed by atoms with Crippen LogP contribution in [0.15, 0.2) is 30.5 Å². The molecular weight excluding hydrogens is 292 g/mol. The van der Waals surface area contributed by atoms with Crippen molar-refractivity contribution in [2.24, 2.45) is 0 Å².